The van der Waals surface area contributed by atoms with E-state index < -0.39 is 0 Å². The molecule has 0 aliphatic heterocycles. The number of unbranched alkanes of at least 4 members (excludes halogenated alkanes) is 1. The fourth-order valence-corrected chi connectivity index (χ4v) is 2.12. The summed E-state index contributed by atoms with van der Waals surface area (Å²) in [5.74, 6) is 0. The van der Waals surface area contributed by atoms with E-state index in [1.165, 1.54) is 6.42 Å². The van der Waals surface area contributed by atoms with Crippen molar-refractivity contribution in [2.24, 2.45) is 7.05 Å². The van der Waals surface area contributed by atoms with E-state index in [1.807, 2.05) is 11.7 Å². The lowest BCUT2D eigenvalue weighted by Crippen LogP contribution is -2.02. The Kier molecular flexibility index (Phi) is 5.32. The summed E-state index contributed by atoms with van der Waals surface area (Å²) in [7, 11) is 1.96. The lowest BCUT2D eigenvalue weighted by molar-refractivity contribution is 0.112. The summed E-state index contributed by atoms with van der Waals surface area (Å²) in [6.45, 7) is 5.74. The van der Waals surface area contributed by atoms with E-state index in [1.54, 1.807) is 0 Å². The van der Waals surface area contributed by atoms with Gasteiger partial charge in [-0.2, -0.15) is 5.10 Å². The molecule has 15 heavy (non-hydrogen) atoms. The monoisotopic (exact) mass is 274 g/mol. The summed E-state index contributed by atoms with van der Waals surface area (Å²) in [6, 6.07) is 0. The topological polar surface area (TPSA) is 27.1 Å². The third-order valence-corrected chi connectivity index (χ3v) is 3.30. The zero-order valence-corrected chi connectivity index (χ0v) is 11.3. The van der Waals surface area contributed by atoms with Crippen LogP contribution in [-0.4, -0.2) is 16.4 Å². The molecule has 0 fully saturated rings. The highest BCUT2D eigenvalue weighted by atomic mass is 79.9. The molecule has 0 aromatic carbocycles. The Morgan fingerprint density at radius 1 is 1.40 bits per heavy atom. The third-order valence-electron chi connectivity index (χ3n) is 2.38. The van der Waals surface area contributed by atoms with Crippen molar-refractivity contribution < 1.29 is 4.74 Å². The molecule has 86 valence electrons. The van der Waals surface area contributed by atoms with Gasteiger partial charge < -0.3 is 4.74 Å². The van der Waals surface area contributed by atoms with Crippen molar-refractivity contribution in [1.29, 1.82) is 0 Å². The maximum absolute atomic E-state index is 5.59. The highest BCUT2D eigenvalue weighted by Crippen LogP contribution is 2.22. The SMILES string of the molecule is CCCCOCc1c(Br)c(CC)nn1C. The van der Waals surface area contributed by atoms with Crippen LogP contribution in [0.4, 0.5) is 0 Å². The largest absolute Gasteiger partial charge is 0.375 e. The van der Waals surface area contributed by atoms with Crippen LogP contribution in [0.2, 0.25) is 0 Å². The van der Waals surface area contributed by atoms with E-state index in [0.29, 0.717) is 6.61 Å². The fraction of sp³-hybridized carbons (Fsp3) is 0.727. The van der Waals surface area contributed by atoms with E-state index in [2.05, 4.69) is 34.9 Å². The number of ether oxygens (including phenoxy) is 1. The summed E-state index contributed by atoms with van der Waals surface area (Å²) in [5.41, 5.74) is 2.23. The Balaban J connectivity index is 2.56. The van der Waals surface area contributed by atoms with Gasteiger partial charge in [0.2, 0.25) is 0 Å². The summed E-state index contributed by atoms with van der Waals surface area (Å²) in [4.78, 5) is 0. The maximum Gasteiger partial charge on any atom is 0.0896 e. The van der Waals surface area contributed by atoms with Crippen molar-refractivity contribution in [1.82, 2.24) is 9.78 Å². The second-order valence-electron chi connectivity index (χ2n) is 3.59. The van der Waals surface area contributed by atoms with Gasteiger partial charge in [-0.3, -0.25) is 4.68 Å². The first kappa shape index (κ1) is 12.7. The van der Waals surface area contributed by atoms with Crippen molar-refractivity contribution in [2.45, 2.75) is 39.7 Å². The van der Waals surface area contributed by atoms with E-state index >= 15 is 0 Å². The molecule has 0 aliphatic carbocycles. The molecule has 0 radical (unpaired) electrons. The molecule has 1 rings (SSSR count). The molecule has 0 amide bonds. The molecule has 0 unspecified atom stereocenters. The van der Waals surface area contributed by atoms with Gasteiger partial charge in [0, 0.05) is 13.7 Å². The number of hydrogen-bond acceptors (Lipinski definition) is 2. The normalized spacial score (nSPS) is 10.9. The van der Waals surface area contributed by atoms with Crippen LogP contribution in [0.1, 0.15) is 38.1 Å². The summed E-state index contributed by atoms with van der Waals surface area (Å²) < 4.78 is 8.59. The van der Waals surface area contributed by atoms with E-state index in [-0.39, 0.29) is 0 Å². The van der Waals surface area contributed by atoms with Crippen LogP contribution >= 0.6 is 15.9 Å². The number of hydrogen-bond donors (Lipinski definition) is 0. The van der Waals surface area contributed by atoms with Crippen molar-refractivity contribution in [3.63, 3.8) is 0 Å². The summed E-state index contributed by atoms with van der Waals surface area (Å²) >= 11 is 3.57. The van der Waals surface area contributed by atoms with Crippen molar-refractivity contribution in [2.75, 3.05) is 6.61 Å². The number of aryl methyl sites for hydroxylation is 2. The minimum absolute atomic E-state index is 0.643. The Labute approximate surface area is 99.9 Å². The first-order valence-corrected chi connectivity index (χ1v) is 6.28. The number of nitrogens with zero attached hydrogens (tertiary/aromatic N) is 2. The molecular formula is C11H19BrN2O. The van der Waals surface area contributed by atoms with E-state index in [4.69, 9.17) is 4.74 Å². The lowest BCUT2D eigenvalue weighted by Gasteiger charge is -2.04. The number of aromatic nitrogens is 2. The smallest absolute Gasteiger partial charge is 0.0896 e. The predicted octanol–water partition coefficient (Wildman–Crippen LogP) is 3.06. The predicted molar refractivity (Wildman–Crippen MR) is 64.9 cm³/mol. The van der Waals surface area contributed by atoms with E-state index in [9.17, 15) is 0 Å². The van der Waals surface area contributed by atoms with E-state index in [0.717, 1.165) is 35.3 Å². The lowest BCUT2D eigenvalue weighted by atomic mass is 10.3. The molecule has 1 aromatic heterocycles. The van der Waals surface area contributed by atoms with Gasteiger partial charge in [0.15, 0.2) is 0 Å². The summed E-state index contributed by atoms with van der Waals surface area (Å²) in [6.07, 6.45) is 3.24. The minimum atomic E-state index is 0.643. The van der Waals surface area contributed by atoms with Gasteiger partial charge in [0.25, 0.3) is 0 Å². The maximum atomic E-state index is 5.59. The van der Waals surface area contributed by atoms with Gasteiger partial charge in [-0.15, -0.1) is 0 Å². The first-order chi connectivity index (χ1) is 7.20. The molecule has 1 heterocycles. The standard InChI is InChI=1S/C11H19BrN2O/c1-4-6-7-15-8-10-11(12)9(5-2)13-14(10)3/h4-8H2,1-3H3. The van der Waals surface area contributed by atoms with Crippen molar-refractivity contribution in [3.05, 3.63) is 15.9 Å². The molecule has 0 aliphatic rings. The van der Waals surface area contributed by atoms with Crippen LogP contribution in [-0.2, 0) is 24.8 Å². The van der Waals surface area contributed by atoms with Gasteiger partial charge in [-0.1, -0.05) is 20.3 Å². The van der Waals surface area contributed by atoms with Gasteiger partial charge in [-0.05, 0) is 28.8 Å². The van der Waals surface area contributed by atoms with Gasteiger partial charge in [0.1, 0.15) is 0 Å². The Morgan fingerprint density at radius 3 is 2.67 bits per heavy atom. The Bertz CT molecular complexity index is 310. The zero-order valence-electron chi connectivity index (χ0n) is 9.72. The summed E-state index contributed by atoms with van der Waals surface area (Å²) in [5, 5.41) is 4.42. The average Bonchev–Trinajstić information content (AvgIpc) is 2.50. The van der Waals surface area contributed by atoms with Gasteiger partial charge in [-0.25, -0.2) is 0 Å². The molecule has 0 saturated heterocycles. The fourth-order valence-electron chi connectivity index (χ4n) is 1.39. The zero-order chi connectivity index (χ0) is 11.3. The molecule has 1 aromatic rings. The first-order valence-electron chi connectivity index (χ1n) is 5.48. The number of rotatable bonds is 6. The quantitative estimate of drug-likeness (QED) is 0.746. The second kappa shape index (κ2) is 6.28. The molecule has 0 spiro atoms. The van der Waals surface area contributed by atoms with Gasteiger partial charge in [0.05, 0.1) is 22.5 Å². The molecule has 0 atom stereocenters. The Morgan fingerprint density at radius 2 is 2.13 bits per heavy atom. The van der Waals surface area contributed by atoms with Gasteiger partial charge >= 0.3 is 0 Å². The molecule has 0 saturated carbocycles. The second-order valence-corrected chi connectivity index (χ2v) is 4.38. The molecule has 3 nitrogen and oxygen atoms in total. The average molecular weight is 275 g/mol. The highest BCUT2D eigenvalue weighted by molar-refractivity contribution is 9.10. The van der Waals surface area contributed by atoms with Crippen LogP contribution in [0.3, 0.4) is 0 Å². The Hall–Kier alpha value is -0.350. The van der Waals surface area contributed by atoms with Crippen LogP contribution in [0.15, 0.2) is 4.47 Å². The van der Waals surface area contributed by atoms with Crippen molar-refractivity contribution >= 4 is 15.9 Å². The highest BCUT2D eigenvalue weighted by Gasteiger charge is 2.11. The molecule has 4 heteroatoms. The third kappa shape index (κ3) is 3.31. The molecule has 0 bridgehead atoms. The minimum Gasteiger partial charge on any atom is -0.375 e. The van der Waals surface area contributed by atoms with Crippen molar-refractivity contribution in [3.8, 4) is 0 Å². The van der Waals surface area contributed by atoms with Crippen LogP contribution in [0.5, 0.6) is 0 Å². The van der Waals surface area contributed by atoms with Crippen LogP contribution in [0.25, 0.3) is 0 Å². The van der Waals surface area contributed by atoms with Crippen LogP contribution < -0.4 is 0 Å². The van der Waals surface area contributed by atoms with Crippen LogP contribution in [0, 0.1) is 0 Å². The molecular weight excluding hydrogens is 256 g/mol. The number of halogens is 1. The molecule has 0 N–H and O–H groups in total.